The summed E-state index contributed by atoms with van der Waals surface area (Å²) in [6.07, 6.45) is 0.776. The first kappa shape index (κ1) is 12.4. The number of aliphatic hydroxyl groups is 1. The van der Waals surface area contributed by atoms with E-state index < -0.39 is 10.9 Å². The summed E-state index contributed by atoms with van der Waals surface area (Å²) in [5.41, 5.74) is 0. The maximum Gasteiger partial charge on any atom is 0.346 e. The Kier molecular flexibility index (Phi) is 5.64. The van der Waals surface area contributed by atoms with Gasteiger partial charge in [0.25, 0.3) is 0 Å². The lowest BCUT2D eigenvalue weighted by molar-refractivity contribution is -0.149. The fraction of sp³-hybridized carbons (Fsp3) is 0.800. The molecule has 0 spiro atoms. The van der Waals surface area contributed by atoms with Gasteiger partial charge in [-0.05, 0) is 6.42 Å². The Bertz CT molecular complexity index is 115. The van der Waals surface area contributed by atoms with Gasteiger partial charge in [-0.1, -0.05) is 13.3 Å². The summed E-state index contributed by atoms with van der Waals surface area (Å²) in [5, 5.41) is 17.1. The van der Waals surface area contributed by atoms with Gasteiger partial charge in [-0.3, -0.25) is 0 Å². The van der Waals surface area contributed by atoms with Gasteiger partial charge < -0.3 is 16.4 Å². The van der Waals surface area contributed by atoms with Gasteiger partial charge in [0.05, 0.1) is 0 Å². The molecule has 0 bridgehead atoms. The highest BCUT2D eigenvalue weighted by Gasteiger charge is 2.29. The van der Waals surface area contributed by atoms with E-state index in [1.807, 2.05) is 0 Å². The molecule has 10 heavy (non-hydrogen) atoms. The zero-order chi connectivity index (χ0) is 7.49. The second kappa shape index (κ2) is 4.54. The Hall–Kier alpha value is -0.260. The topological polar surface area (TPSA) is 92.5 Å². The summed E-state index contributed by atoms with van der Waals surface area (Å²) in [6, 6.07) is 0. The number of rotatable bonds is 3. The van der Waals surface area contributed by atoms with Crippen LogP contribution < -0.4 is 6.15 Å². The third-order valence-corrected chi connectivity index (χ3v) is 1.36. The molecular weight excluding hydrogens is 154 g/mol. The normalized spacial score (nSPS) is 15.1. The summed E-state index contributed by atoms with van der Waals surface area (Å²) in [4.78, 5) is 8.25. The minimum atomic E-state index is -1.84. The van der Waals surface area contributed by atoms with Crippen molar-refractivity contribution in [3.05, 3.63) is 0 Å². The van der Waals surface area contributed by atoms with Crippen LogP contribution in [-0.2, 0) is 4.79 Å². The van der Waals surface area contributed by atoms with E-state index in [1.165, 1.54) is 0 Å². The summed E-state index contributed by atoms with van der Waals surface area (Å²) in [7, 11) is 0. The molecule has 0 amide bonds. The average Bonchev–Trinajstić information content (AvgIpc) is 1.65. The maximum atomic E-state index is 10.1. The molecular formula is C5H13NO3S. The third kappa shape index (κ3) is 3.71. The Morgan fingerprint density at radius 1 is 1.70 bits per heavy atom. The monoisotopic (exact) mass is 167 g/mol. The van der Waals surface area contributed by atoms with E-state index in [2.05, 4.69) is 12.6 Å². The molecule has 0 heterocycles. The fourth-order valence-electron chi connectivity index (χ4n) is 0.456. The Labute approximate surface area is 65.2 Å². The van der Waals surface area contributed by atoms with E-state index in [0.717, 1.165) is 0 Å². The summed E-state index contributed by atoms with van der Waals surface area (Å²) < 4.78 is 0. The second-order valence-corrected chi connectivity index (χ2v) is 2.61. The quantitative estimate of drug-likeness (QED) is 0.367. The van der Waals surface area contributed by atoms with Crippen LogP contribution in [-0.4, -0.2) is 21.1 Å². The van der Waals surface area contributed by atoms with Crippen LogP contribution in [0.15, 0.2) is 0 Å². The molecule has 0 rings (SSSR count). The van der Waals surface area contributed by atoms with Gasteiger partial charge in [0.1, 0.15) is 0 Å². The van der Waals surface area contributed by atoms with Gasteiger partial charge in [-0.25, -0.2) is 4.79 Å². The highest BCUT2D eigenvalue weighted by atomic mass is 32.1. The standard InChI is InChI=1S/C5H10O3S.H3N/c1-2-3-5(8,9)4(6)7;/h8-9H,2-3H2,1H3,(H,6,7);1H3. The molecule has 1 atom stereocenters. The molecule has 0 radical (unpaired) electrons. The lowest BCUT2D eigenvalue weighted by atomic mass is 10.2. The van der Waals surface area contributed by atoms with Crippen molar-refractivity contribution < 1.29 is 15.0 Å². The highest BCUT2D eigenvalue weighted by molar-refractivity contribution is 7.82. The van der Waals surface area contributed by atoms with Gasteiger partial charge >= 0.3 is 5.97 Å². The van der Waals surface area contributed by atoms with Gasteiger partial charge in [-0.15, -0.1) is 12.6 Å². The lowest BCUT2D eigenvalue weighted by Crippen LogP contribution is -2.31. The first-order valence-corrected chi connectivity index (χ1v) is 3.13. The molecule has 0 aromatic heterocycles. The molecule has 5 heteroatoms. The van der Waals surface area contributed by atoms with Crippen LogP contribution in [0.3, 0.4) is 0 Å². The molecule has 0 aliphatic rings. The molecule has 1 unspecified atom stereocenters. The minimum absolute atomic E-state index is 0. The number of thiol groups is 1. The number of hydrogen-bond donors (Lipinski definition) is 4. The predicted molar refractivity (Wildman–Crippen MR) is 41.5 cm³/mol. The van der Waals surface area contributed by atoms with Crippen LogP contribution in [0.25, 0.3) is 0 Å². The number of carboxylic acids is 1. The van der Waals surface area contributed by atoms with Gasteiger partial charge in [0.2, 0.25) is 4.93 Å². The van der Waals surface area contributed by atoms with Crippen LogP contribution in [0.2, 0.25) is 0 Å². The molecule has 5 N–H and O–H groups in total. The summed E-state index contributed by atoms with van der Waals surface area (Å²) in [6.45, 7) is 1.78. The molecule has 0 aromatic carbocycles. The van der Waals surface area contributed by atoms with Crippen molar-refractivity contribution in [2.24, 2.45) is 0 Å². The highest BCUT2D eigenvalue weighted by Crippen LogP contribution is 2.16. The van der Waals surface area contributed by atoms with Crippen molar-refractivity contribution in [3.63, 3.8) is 0 Å². The predicted octanol–water partition coefficient (Wildman–Crippen LogP) is 0.651. The van der Waals surface area contributed by atoms with Crippen LogP contribution in [0.5, 0.6) is 0 Å². The van der Waals surface area contributed by atoms with Crippen molar-refractivity contribution in [2.75, 3.05) is 0 Å². The largest absolute Gasteiger partial charge is 0.478 e. The van der Waals surface area contributed by atoms with Crippen LogP contribution >= 0.6 is 12.6 Å². The van der Waals surface area contributed by atoms with Crippen LogP contribution in [0, 0.1) is 0 Å². The Morgan fingerprint density at radius 3 is 2.20 bits per heavy atom. The smallest absolute Gasteiger partial charge is 0.346 e. The Balaban J connectivity index is 0. The average molecular weight is 167 g/mol. The van der Waals surface area contributed by atoms with Crippen molar-refractivity contribution in [3.8, 4) is 0 Å². The Morgan fingerprint density at radius 2 is 2.10 bits per heavy atom. The van der Waals surface area contributed by atoms with E-state index in [1.54, 1.807) is 6.92 Å². The molecule has 0 aliphatic heterocycles. The molecule has 0 saturated heterocycles. The first-order valence-electron chi connectivity index (χ1n) is 2.69. The number of aliphatic carboxylic acids is 1. The number of hydrogen-bond acceptors (Lipinski definition) is 4. The van der Waals surface area contributed by atoms with Gasteiger partial charge in [0, 0.05) is 0 Å². The third-order valence-electron chi connectivity index (χ3n) is 0.941. The molecule has 62 valence electrons. The fourth-order valence-corrected chi connectivity index (χ4v) is 0.679. The van der Waals surface area contributed by atoms with Crippen molar-refractivity contribution in [2.45, 2.75) is 24.7 Å². The summed E-state index contributed by atoms with van der Waals surface area (Å²) in [5.74, 6) is -1.28. The SMILES string of the molecule is CCCC(O)(S)C(=O)O.N. The van der Waals surface area contributed by atoms with Gasteiger partial charge in [-0.2, -0.15) is 0 Å². The van der Waals surface area contributed by atoms with E-state index >= 15 is 0 Å². The maximum absolute atomic E-state index is 10.1. The number of carbonyl (C=O) groups is 1. The van der Waals surface area contributed by atoms with E-state index in [0.29, 0.717) is 6.42 Å². The molecule has 0 fully saturated rings. The zero-order valence-electron chi connectivity index (χ0n) is 5.87. The van der Waals surface area contributed by atoms with E-state index in [4.69, 9.17) is 10.2 Å². The number of carboxylic acid groups (broad SMARTS) is 1. The molecule has 4 nitrogen and oxygen atoms in total. The minimum Gasteiger partial charge on any atom is -0.478 e. The molecule has 0 aromatic rings. The van der Waals surface area contributed by atoms with Crippen molar-refractivity contribution in [1.82, 2.24) is 6.15 Å². The van der Waals surface area contributed by atoms with Crippen molar-refractivity contribution in [1.29, 1.82) is 0 Å². The second-order valence-electron chi connectivity index (χ2n) is 1.87. The van der Waals surface area contributed by atoms with Gasteiger partial charge in [0.15, 0.2) is 0 Å². The molecule has 0 aliphatic carbocycles. The van der Waals surface area contributed by atoms with Crippen LogP contribution in [0.1, 0.15) is 19.8 Å². The lowest BCUT2D eigenvalue weighted by Gasteiger charge is -2.14. The first-order chi connectivity index (χ1) is 4.00. The molecule has 0 saturated carbocycles. The van der Waals surface area contributed by atoms with Crippen LogP contribution in [0.4, 0.5) is 0 Å². The van der Waals surface area contributed by atoms with E-state index in [-0.39, 0.29) is 12.6 Å². The zero-order valence-corrected chi connectivity index (χ0v) is 6.77. The summed E-state index contributed by atoms with van der Waals surface area (Å²) >= 11 is 3.52. The van der Waals surface area contributed by atoms with Crippen molar-refractivity contribution >= 4 is 18.6 Å². The van der Waals surface area contributed by atoms with E-state index in [9.17, 15) is 4.79 Å².